The lowest BCUT2D eigenvalue weighted by molar-refractivity contribution is 0.0695. The molecule has 2 aromatic rings. The van der Waals surface area contributed by atoms with Crippen molar-refractivity contribution in [1.82, 2.24) is 15.3 Å². The average Bonchev–Trinajstić information content (AvgIpc) is 2.72. The van der Waals surface area contributed by atoms with E-state index >= 15 is 0 Å². The molecule has 17 heavy (non-hydrogen) atoms. The first kappa shape index (κ1) is 11.6. The number of aliphatic hydroxyl groups is 1. The molecule has 1 amide bonds. The first-order valence-electron chi connectivity index (χ1n) is 5.40. The quantitative estimate of drug-likeness (QED) is 0.741. The Morgan fingerprint density at radius 1 is 1.53 bits per heavy atom. The van der Waals surface area contributed by atoms with Crippen LogP contribution < -0.4 is 5.32 Å². The molecule has 0 fully saturated rings. The van der Waals surface area contributed by atoms with Crippen LogP contribution in [-0.4, -0.2) is 33.1 Å². The second-order valence-corrected chi connectivity index (χ2v) is 4.59. The fourth-order valence-electron chi connectivity index (χ4n) is 1.55. The summed E-state index contributed by atoms with van der Waals surface area (Å²) in [5.74, 6) is -0.209. The first-order valence-corrected chi connectivity index (χ1v) is 5.40. The molecule has 0 atom stereocenters. The van der Waals surface area contributed by atoms with Gasteiger partial charge >= 0.3 is 0 Å². The minimum atomic E-state index is -0.917. The van der Waals surface area contributed by atoms with E-state index in [1.54, 1.807) is 38.4 Å². The molecular formula is C12H15N3O2. The third kappa shape index (κ3) is 2.62. The third-order valence-electron chi connectivity index (χ3n) is 2.39. The van der Waals surface area contributed by atoms with E-state index in [1.165, 1.54) is 0 Å². The summed E-state index contributed by atoms with van der Waals surface area (Å²) in [7, 11) is 0. The molecule has 0 aromatic carbocycles. The molecule has 0 bridgehead atoms. The van der Waals surface area contributed by atoms with Gasteiger partial charge in [-0.15, -0.1) is 0 Å². The van der Waals surface area contributed by atoms with Crippen LogP contribution in [-0.2, 0) is 0 Å². The van der Waals surface area contributed by atoms with Crippen LogP contribution in [0.5, 0.6) is 0 Å². The largest absolute Gasteiger partial charge is 0.389 e. The lowest BCUT2D eigenvalue weighted by atomic mass is 10.1. The predicted molar refractivity (Wildman–Crippen MR) is 64.7 cm³/mol. The lowest BCUT2D eigenvalue weighted by Crippen LogP contribution is -2.38. The van der Waals surface area contributed by atoms with Gasteiger partial charge in [-0.1, -0.05) is 0 Å². The van der Waals surface area contributed by atoms with Crippen molar-refractivity contribution in [1.29, 1.82) is 0 Å². The second-order valence-electron chi connectivity index (χ2n) is 4.59. The van der Waals surface area contributed by atoms with Crippen LogP contribution in [0.15, 0.2) is 24.5 Å². The molecule has 90 valence electrons. The summed E-state index contributed by atoms with van der Waals surface area (Å²) in [6, 6.07) is 3.47. The average molecular weight is 233 g/mol. The number of carbonyl (C=O) groups is 1. The van der Waals surface area contributed by atoms with Gasteiger partial charge in [-0.25, -0.2) is 4.98 Å². The smallest absolute Gasteiger partial charge is 0.252 e. The summed E-state index contributed by atoms with van der Waals surface area (Å²) in [5.41, 5.74) is 0.321. The monoisotopic (exact) mass is 233 g/mol. The van der Waals surface area contributed by atoms with Gasteiger partial charge in [-0.2, -0.15) is 0 Å². The Bertz CT molecular complexity index is 540. The Morgan fingerprint density at radius 3 is 3.00 bits per heavy atom. The van der Waals surface area contributed by atoms with Crippen LogP contribution in [0.25, 0.3) is 11.0 Å². The molecule has 0 unspecified atom stereocenters. The Hall–Kier alpha value is -1.88. The van der Waals surface area contributed by atoms with Gasteiger partial charge in [0.2, 0.25) is 0 Å². The van der Waals surface area contributed by atoms with Gasteiger partial charge in [-0.3, -0.25) is 4.79 Å². The van der Waals surface area contributed by atoms with E-state index in [9.17, 15) is 9.90 Å². The van der Waals surface area contributed by atoms with E-state index in [-0.39, 0.29) is 12.5 Å². The van der Waals surface area contributed by atoms with E-state index in [0.29, 0.717) is 11.2 Å². The van der Waals surface area contributed by atoms with Gasteiger partial charge < -0.3 is 15.4 Å². The SMILES string of the molecule is CC(C)(O)CNC(=O)c1ccnc2[nH]ccc12. The van der Waals surface area contributed by atoms with E-state index in [1.807, 2.05) is 0 Å². The van der Waals surface area contributed by atoms with Crippen molar-refractivity contribution in [3.63, 3.8) is 0 Å². The highest BCUT2D eigenvalue weighted by Gasteiger charge is 2.16. The number of hydrogen-bond acceptors (Lipinski definition) is 3. The fraction of sp³-hybridized carbons (Fsp3) is 0.333. The zero-order valence-electron chi connectivity index (χ0n) is 9.82. The molecular weight excluding hydrogens is 218 g/mol. The maximum atomic E-state index is 11.9. The van der Waals surface area contributed by atoms with Crippen molar-refractivity contribution in [2.24, 2.45) is 0 Å². The van der Waals surface area contributed by atoms with Crippen LogP contribution >= 0.6 is 0 Å². The molecule has 2 heterocycles. The van der Waals surface area contributed by atoms with Crippen molar-refractivity contribution in [3.05, 3.63) is 30.1 Å². The second kappa shape index (κ2) is 4.18. The van der Waals surface area contributed by atoms with Gasteiger partial charge in [0.15, 0.2) is 0 Å². The normalized spacial score (nSPS) is 11.7. The predicted octanol–water partition coefficient (Wildman–Crippen LogP) is 1.06. The zero-order chi connectivity index (χ0) is 12.5. The molecule has 0 radical (unpaired) electrons. The maximum absolute atomic E-state index is 11.9. The topological polar surface area (TPSA) is 78.0 Å². The lowest BCUT2D eigenvalue weighted by Gasteiger charge is -2.17. The highest BCUT2D eigenvalue weighted by molar-refractivity contribution is 6.05. The van der Waals surface area contributed by atoms with Crippen molar-refractivity contribution in [2.75, 3.05) is 6.54 Å². The van der Waals surface area contributed by atoms with Gasteiger partial charge in [0.05, 0.1) is 11.2 Å². The first-order chi connectivity index (χ1) is 7.97. The summed E-state index contributed by atoms with van der Waals surface area (Å²) < 4.78 is 0. The number of aromatic nitrogens is 2. The van der Waals surface area contributed by atoms with Gasteiger partial charge in [0.1, 0.15) is 5.65 Å². The molecule has 5 heteroatoms. The molecule has 3 N–H and O–H groups in total. The van der Waals surface area contributed by atoms with Crippen LogP contribution in [0.3, 0.4) is 0 Å². The third-order valence-corrected chi connectivity index (χ3v) is 2.39. The van der Waals surface area contributed by atoms with Crippen molar-refractivity contribution >= 4 is 16.9 Å². The fourth-order valence-corrected chi connectivity index (χ4v) is 1.55. The van der Waals surface area contributed by atoms with Gasteiger partial charge in [-0.05, 0) is 26.0 Å². The Kier molecular flexibility index (Phi) is 2.85. The number of H-pyrrole nitrogens is 1. The highest BCUT2D eigenvalue weighted by Crippen LogP contribution is 2.14. The van der Waals surface area contributed by atoms with Crippen LogP contribution in [0, 0.1) is 0 Å². The summed E-state index contributed by atoms with van der Waals surface area (Å²) in [4.78, 5) is 19.0. The van der Waals surface area contributed by atoms with E-state index in [4.69, 9.17) is 0 Å². The number of nitrogens with one attached hydrogen (secondary N) is 2. The maximum Gasteiger partial charge on any atom is 0.252 e. The molecule has 0 saturated heterocycles. The Balaban J connectivity index is 2.22. The van der Waals surface area contributed by atoms with Crippen LogP contribution in [0.4, 0.5) is 0 Å². The van der Waals surface area contributed by atoms with Crippen molar-refractivity contribution in [3.8, 4) is 0 Å². The molecule has 0 aliphatic rings. The number of nitrogens with zero attached hydrogens (tertiary/aromatic N) is 1. The summed E-state index contributed by atoms with van der Waals surface area (Å²) in [6.45, 7) is 3.50. The van der Waals surface area contributed by atoms with E-state index in [2.05, 4.69) is 15.3 Å². The summed E-state index contributed by atoms with van der Waals surface area (Å²) in [6.07, 6.45) is 3.32. The number of amides is 1. The van der Waals surface area contributed by atoms with Gasteiger partial charge in [0, 0.05) is 24.3 Å². The molecule has 0 spiro atoms. The number of pyridine rings is 1. The molecule has 2 rings (SSSR count). The van der Waals surface area contributed by atoms with Crippen LogP contribution in [0.2, 0.25) is 0 Å². The van der Waals surface area contributed by atoms with Crippen molar-refractivity contribution in [2.45, 2.75) is 19.4 Å². The molecule has 5 nitrogen and oxygen atoms in total. The minimum Gasteiger partial charge on any atom is -0.389 e. The molecule has 2 aromatic heterocycles. The number of rotatable bonds is 3. The van der Waals surface area contributed by atoms with Crippen LogP contribution in [0.1, 0.15) is 24.2 Å². The zero-order valence-corrected chi connectivity index (χ0v) is 9.82. The standard InChI is InChI=1S/C12H15N3O2/c1-12(2,17)7-15-11(16)9-4-6-14-10-8(9)3-5-13-10/h3-6,17H,7H2,1-2H3,(H,13,14)(H,15,16). The minimum absolute atomic E-state index is 0.208. The van der Waals surface area contributed by atoms with Crippen molar-refractivity contribution < 1.29 is 9.90 Å². The summed E-state index contributed by atoms with van der Waals surface area (Å²) in [5, 5.41) is 13.0. The van der Waals surface area contributed by atoms with E-state index in [0.717, 1.165) is 5.39 Å². The van der Waals surface area contributed by atoms with E-state index < -0.39 is 5.60 Å². The Morgan fingerprint density at radius 2 is 2.29 bits per heavy atom. The molecule has 0 aliphatic heterocycles. The number of hydrogen-bond donors (Lipinski definition) is 3. The molecule has 0 saturated carbocycles. The Labute approximate surface area is 98.9 Å². The number of aromatic amines is 1. The number of carbonyl (C=O) groups excluding carboxylic acids is 1. The summed E-state index contributed by atoms with van der Waals surface area (Å²) >= 11 is 0. The highest BCUT2D eigenvalue weighted by atomic mass is 16.3. The van der Waals surface area contributed by atoms with Gasteiger partial charge in [0.25, 0.3) is 5.91 Å². The molecule has 0 aliphatic carbocycles. The number of fused-ring (bicyclic) bond motifs is 1.